The summed E-state index contributed by atoms with van der Waals surface area (Å²) in [5.41, 5.74) is 14.6. The monoisotopic (exact) mass is 472 g/mol. The molecule has 1 saturated carbocycles. The second kappa shape index (κ2) is 7.83. The van der Waals surface area contributed by atoms with Crippen LogP contribution in [0.15, 0.2) is 23.0 Å². The first kappa shape index (κ1) is 23.7. The van der Waals surface area contributed by atoms with E-state index in [2.05, 4.69) is 5.32 Å². The highest BCUT2D eigenvalue weighted by Gasteiger charge is 2.63. The van der Waals surface area contributed by atoms with Crippen molar-refractivity contribution < 1.29 is 34.8 Å². The van der Waals surface area contributed by atoms with Crippen molar-refractivity contribution in [1.29, 1.82) is 0 Å². The van der Waals surface area contributed by atoms with Gasteiger partial charge < -0.3 is 42.9 Å². The van der Waals surface area contributed by atoms with Crippen LogP contribution in [0.1, 0.15) is 37.0 Å². The number of anilines is 1. The molecule has 0 radical (unpaired) electrons. The number of aromatic hydroxyl groups is 1. The highest BCUT2D eigenvalue weighted by atomic mass is 16.3. The van der Waals surface area contributed by atoms with Crippen LogP contribution in [0.2, 0.25) is 0 Å². The van der Waals surface area contributed by atoms with Crippen molar-refractivity contribution >= 4 is 28.9 Å². The van der Waals surface area contributed by atoms with Gasteiger partial charge in [0.25, 0.3) is 5.91 Å². The molecule has 0 heterocycles. The van der Waals surface area contributed by atoms with E-state index in [1.165, 1.54) is 0 Å². The van der Waals surface area contributed by atoms with Gasteiger partial charge in [-0.2, -0.15) is 0 Å². The van der Waals surface area contributed by atoms with Crippen molar-refractivity contribution in [3.8, 4) is 5.75 Å². The lowest BCUT2D eigenvalue weighted by molar-refractivity contribution is -0.149. The van der Waals surface area contributed by atoms with E-state index in [9.17, 15) is 34.8 Å². The van der Waals surface area contributed by atoms with Crippen LogP contribution in [-0.4, -0.2) is 55.6 Å². The van der Waals surface area contributed by atoms with E-state index in [1.54, 1.807) is 6.07 Å². The first-order chi connectivity index (χ1) is 15.8. The van der Waals surface area contributed by atoms with Crippen molar-refractivity contribution in [2.45, 2.75) is 50.9 Å². The van der Waals surface area contributed by atoms with Crippen molar-refractivity contribution in [2.24, 2.45) is 23.3 Å². The fourth-order valence-electron chi connectivity index (χ4n) is 5.32. The number of ketones is 2. The number of fused-ring (bicyclic) bond motifs is 3. The van der Waals surface area contributed by atoms with Gasteiger partial charge in [0.1, 0.15) is 22.8 Å². The molecule has 1 aromatic rings. The van der Waals surface area contributed by atoms with Crippen LogP contribution in [0.5, 0.6) is 5.75 Å². The van der Waals surface area contributed by atoms with Crippen molar-refractivity contribution in [3.63, 3.8) is 0 Å². The Morgan fingerprint density at radius 3 is 2.50 bits per heavy atom. The summed E-state index contributed by atoms with van der Waals surface area (Å²) in [4.78, 5) is 37.9. The van der Waals surface area contributed by atoms with Crippen LogP contribution in [0.25, 0.3) is 5.76 Å². The number of hydrogen-bond acceptors (Lipinski definition) is 10. The molecule has 4 rings (SSSR count). The van der Waals surface area contributed by atoms with Crippen LogP contribution in [0.3, 0.4) is 0 Å². The van der Waals surface area contributed by atoms with Crippen LogP contribution < -0.4 is 22.5 Å². The Labute approximate surface area is 194 Å². The number of amides is 1. The Hall–Kier alpha value is -3.41. The summed E-state index contributed by atoms with van der Waals surface area (Å²) in [6.45, 7) is 4.08. The van der Waals surface area contributed by atoms with E-state index in [0.717, 1.165) is 0 Å². The number of nitrogens with one attached hydrogen (secondary N) is 1. The van der Waals surface area contributed by atoms with E-state index in [0.29, 0.717) is 16.8 Å². The summed E-state index contributed by atoms with van der Waals surface area (Å²) in [6, 6.07) is 0.214. The van der Waals surface area contributed by atoms with Crippen molar-refractivity contribution in [1.82, 2.24) is 5.32 Å². The second-order valence-electron chi connectivity index (χ2n) is 9.44. The van der Waals surface area contributed by atoms with Crippen LogP contribution >= 0.6 is 0 Å². The first-order valence-electron chi connectivity index (χ1n) is 10.9. The molecule has 2 unspecified atom stereocenters. The molecule has 4 atom stereocenters. The van der Waals surface area contributed by atoms with Crippen molar-refractivity contribution in [3.05, 3.63) is 39.7 Å². The molecule has 182 valence electrons. The molecule has 11 N–H and O–H groups in total. The number of nitrogens with two attached hydrogens (primary N) is 3. The molecular formula is C23H28N4O7. The Bertz CT molecular complexity index is 1200. The summed E-state index contributed by atoms with van der Waals surface area (Å²) in [7, 11) is 0. The van der Waals surface area contributed by atoms with Gasteiger partial charge in [0, 0.05) is 35.3 Å². The zero-order chi connectivity index (χ0) is 25.3. The Balaban J connectivity index is 1.91. The molecule has 0 aliphatic heterocycles. The fourth-order valence-corrected chi connectivity index (χ4v) is 5.32. The smallest absolute Gasteiger partial charge is 0.255 e. The van der Waals surface area contributed by atoms with Gasteiger partial charge >= 0.3 is 0 Å². The predicted molar refractivity (Wildman–Crippen MR) is 121 cm³/mol. The number of Topliss-reactive ketones (excluding diaryl/α,β-unsaturated/α-hetero) is 2. The number of carbonyl (C=O) groups excluding carboxylic acids is 3. The standard InChI is InChI=1S/C23H28N4O7/c1-7(2)27-6-9-5-12(24)10-3-8-4-11-16(25)19(30)15(22(26)33)21(32)23(11,34)20(31)13(8)18(29)14(10)17(9)28/h5,7-8,11,16,27-29,32,34H,3-4,6,24-25H2,1-2H3,(H2,26,33)/t8?,11-,16?,23-/m0/s1. The lowest BCUT2D eigenvalue weighted by atomic mass is 9.58. The zero-order valence-electron chi connectivity index (χ0n) is 18.8. The number of phenols is 1. The molecule has 11 heteroatoms. The van der Waals surface area contributed by atoms with E-state index in [1.807, 2.05) is 13.8 Å². The van der Waals surface area contributed by atoms with Gasteiger partial charge in [-0.3, -0.25) is 14.4 Å². The fraction of sp³-hybridized carbons (Fsp3) is 0.435. The molecule has 34 heavy (non-hydrogen) atoms. The Morgan fingerprint density at radius 2 is 1.91 bits per heavy atom. The lowest BCUT2D eigenvalue weighted by Gasteiger charge is -2.48. The van der Waals surface area contributed by atoms with Crippen molar-refractivity contribution in [2.75, 3.05) is 5.73 Å². The minimum atomic E-state index is -2.73. The van der Waals surface area contributed by atoms with E-state index >= 15 is 0 Å². The SMILES string of the molecule is CC(C)NCc1cc(N)c2c(c1O)C(O)=C1C(=O)[C@]3(O)C(O)=C(C(N)=O)C(=O)C(N)[C@@H]3CC1C2. The van der Waals surface area contributed by atoms with Gasteiger partial charge in [0.05, 0.1) is 11.6 Å². The minimum absolute atomic E-state index is 0.0306. The summed E-state index contributed by atoms with van der Waals surface area (Å²) in [6.07, 6.45) is 0.0549. The number of rotatable bonds is 4. The van der Waals surface area contributed by atoms with E-state index in [4.69, 9.17) is 17.2 Å². The molecule has 1 aromatic carbocycles. The third-order valence-electron chi connectivity index (χ3n) is 7.07. The Kier molecular flexibility index (Phi) is 5.46. The first-order valence-corrected chi connectivity index (χ1v) is 10.9. The predicted octanol–water partition coefficient (Wildman–Crippen LogP) is -0.559. The number of phenolic OH excluding ortho intramolecular Hbond substituents is 1. The van der Waals surface area contributed by atoms with E-state index in [-0.39, 0.29) is 42.3 Å². The summed E-state index contributed by atoms with van der Waals surface area (Å²) < 4.78 is 0. The quantitative estimate of drug-likeness (QED) is 0.158. The van der Waals surface area contributed by atoms with E-state index < -0.39 is 58.0 Å². The van der Waals surface area contributed by atoms with Gasteiger partial charge in [-0.15, -0.1) is 0 Å². The molecular weight excluding hydrogens is 444 g/mol. The van der Waals surface area contributed by atoms with Crippen LogP contribution in [0, 0.1) is 11.8 Å². The molecule has 3 aliphatic carbocycles. The van der Waals surface area contributed by atoms with Gasteiger partial charge in [-0.1, -0.05) is 13.8 Å². The number of benzene rings is 1. The number of aliphatic hydroxyl groups excluding tert-OH is 2. The number of carbonyl (C=O) groups is 3. The number of primary amides is 1. The minimum Gasteiger partial charge on any atom is -0.508 e. The maximum atomic E-state index is 13.6. The average Bonchev–Trinajstić information content (AvgIpc) is 2.75. The molecule has 3 aliphatic rings. The number of nitrogen functional groups attached to an aromatic ring is 1. The molecule has 0 saturated heterocycles. The molecule has 11 nitrogen and oxygen atoms in total. The Morgan fingerprint density at radius 1 is 1.26 bits per heavy atom. The molecule has 1 fully saturated rings. The zero-order valence-corrected chi connectivity index (χ0v) is 18.8. The van der Waals surface area contributed by atoms with Gasteiger partial charge in [-0.05, 0) is 30.4 Å². The van der Waals surface area contributed by atoms with Crippen LogP contribution in [0.4, 0.5) is 5.69 Å². The third kappa shape index (κ3) is 3.11. The highest BCUT2D eigenvalue weighted by molar-refractivity contribution is 6.24. The number of aliphatic hydroxyl groups is 3. The second-order valence-corrected chi connectivity index (χ2v) is 9.44. The van der Waals surface area contributed by atoms with Gasteiger partial charge in [0.15, 0.2) is 11.4 Å². The number of hydrogen-bond donors (Lipinski definition) is 8. The topological polar surface area (TPSA) is 222 Å². The average molecular weight is 472 g/mol. The van der Waals surface area contributed by atoms with Gasteiger partial charge in [-0.25, -0.2) is 0 Å². The summed E-state index contributed by atoms with van der Waals surface area (Å²) >= 11 is 0. The largest absolute Gasteiger partial charge is 0.508 e. The molecule has 0 spiro atoms. The highest BCUT2D eigenvalue weighted by Crippen LogP contribution is 2.52. The lowest BCUT2D eigenvalue weighted by Crippen LogP contribution is -2.65. The molecule has 1 amide bonds. The third-order valence-corrected chi connectivity index (χ3v) is 7.07. The maximum Gasteiger partial charge on any atom is 0.255 e. The molecule has 0 bridgehead atoms. The maximum absolute atomic E-state index is 13.6. The van der Waals surface area contributed by atoms with Gasteiger partial charge in [0.2, 0.25) is 5.78 Å². The molecule has 0 aromatic heterocycles. The normalized spacial score (nSPS) is 28.7. The summed E-state index contributed by atoms with van der Waals surface area (Å²) in [5.74, 6) is -7.41. The summed E-state index contributed by atoms with van der Waals surface area (Å²) in [5, 5.41) is 47.2. The van der Waals surface area contributed by atoms with Crippen LogP contribution in [-0.2, 0) is 27.3 Å².